The molecule has 2 aliphatic heterocycles. The van der Waals surface area contributed by atoms with Gasteiger partial charge in [0.05, 0.1) is 6.61 Å². The van der Waals surface area contributed by atoms with E-state index in [-0.39, 0.29) is 24.9 Å². The van der Waals surface area contributed by atoms with Gasteiger partial charge in [0.1, 0.15) is 5.75 Å². The van der Waals surface area contributed by atoms with Gasteiger partial charge in [0, 0.05) is 52.2 Å². The first-order valence-electron chi connectivity index (χ1n) is 11.9. The van der Waals surface area contributed by atoms with Crippen LogP contribution in [-0.2, 0) is 4.79 Å². The Morgan fingerprint density at radius 1 is 1.06 bits per heavy atom. The fourth-order valence-electron chi connectivity index (χ4n) is 4.51. The number of carbonyl (C=O) groups is 1. The van der Waals surface area contributed by atoms with Gasteiger partial charge in [0.2, 0.25) is 5.91 Å². The Kier molecular flexibility index (Phi) is 9.22. The Bertz CT molecular complexity index is 713. The smallest absolute Gasteiger partial charge is 0.459 e. The van der Waals surface area contributed by atoms with Crippen molar-refractivity contribution in [1.29, 1.82) is 0 Å². The first-order valence-corrected chi connectivity index (χ1v) is 11.9. The van der Waals surface area contributed by atoms with E-state index in [1.54, 1.807) is 0 Å². The normalized spacial score (nSPS) is 19.3. The number of unbranched alkanes of at least 4 members (excludes halogenated alkanes) is 1. The average Bonchev–Trinajstić information content (AvgIpc) is 2.80. The summed E-state index contributed by atoms with van der Waals surface area (Å²) in [5.41, 5.74) is 1.06. The molecule has 180 valence electrons. The number of hydrogen-bond acceptors (Lipinski definition) is 4. The number of likely N-dealkylation sites (tertiary alicyclic amines) is 1. The first-order chi connectivity index (χ1) is 15.4. The lowest BCUT2D eigenvalue weighted by Gasteiger charge is -2.34. The zero-order chi connectivity index (χ0) is 23.0. The van der Waals surface area contributed by atoms with Crippen LogP contribution in [0.3, 0.4) is 0 Å². The summed E-state index contributed by atoms with van der Waals surface area (Å²) >= 11 is 0. The number of piperidine rings is 1. The Hall–Kier alpha value is -1.80. The molecule has 2 saturated heterocycles. The van der Waals surface area contributed by atoms with Crippen molar-refractivity contribution in [2.75, 3.05) is 52.4 Å². The van der Waals surface area contributed by atoms with Crippen molar-refractivity contribution >= 4 is 5.91 Å². The molecule has 1 aromatic carbocycles. The Balaban J connectivity index is 1.35. The van der Waals surface area contributed by atoms with Crippen molar-refractivity contribution in [2.24, 2.45) is 0 Å². The van der Waals surface area contributed by atoms with Gasteiger partial charge >= 0.3 is 6.30 Å². The summed E-state index contributed by atoms with van der Waals surface area (Å²) in [4.78, 5) is 17.1. The molecule has 2 heterocycles. The van der Waals surface area contributed by atoms with Gasteiger partial charge in [-0.1, -0.05) is 25.5 Å². The van der Waals surface area contributed by atoms with Crippen molar-refractivity contribution in [3.63, 3.8) is 0 Å². The summed E-state index contributed by atoms with van der Waals surface area (Å²) in [5.74, 6) is 1.21. The largest absolute Gasteiger partial charge is 0.494 e. The molecule has 32 heavy (non-hydrogen) atoms. The number of alkyl halides is 3. The zero-order valence-corrected chi connectivity index (χ0v) is 19.1. The van der Waals surface area contributed by atoms with E-state index in [9.17, 15) is 18.0 Å². The number of rotatable bonds is 9. The lowest BCUT2D eigenvalue weighted by atomic mass is 9.89. The van der Waals surface area contributed by atoms with Crippen molar-refractivity contribution in [1.82, 2.24) is 14.7 Å². The van der Waals surface area contributed by atoms with Crippen molar-refractivity contribution in [3.05, 3.63) is 29.8 Å². The zero-order valence-electron chi connectivity index (χ0n) is 19.1. The van der Waals surface area contributed by atoms with Crippen LogP contribution in [0.4, 0.5) is 13.2 Å². The molecule has 5 nitrogen and oxygen atoms in total. The van der Waals surface area contributed by atoms with Crippen LogP contribution in [0.5, 0.6) is 5.75 Å². The molecule has 2 aliphatic rings. The standard InChI is InChI=1S/C24H36F3N3O2/c1-2-3-8-23(31)29-16-14-28(15-17-29)11-5-18-32-22-7-4-6-21(19-22)20-9-12-30(13-10-20)24(25,26)27/h4,6-7,19-20H,2-3,5,8-18H2,1H3. The molecule has 0 unspecified atom stereocenters. The molecule has 8 heteroatoms. The van der Waals surface area contributed by atoms with Gasteiger partial charge in [0.25, 0.3) is 0 Å². The van der Waals surface area contributed by atoms with E-state index < -0.39 is 6.30 Å². The third kappa shape index (κ3) is 7.37. The molecular weight excluding hydrogens is 419 g/mol. The van der Waals surface area contributed by atoms with E-state index in [0.29, 0.717) is 30.8 Å². The van der Waals surface area contributed by atoms with Gasteiger partial charge < -0.3 is 9.64 Å². The number of benzene rings is 1. The van der Waals surface area contributed by atoms with Crippen LogP contribution in [0.1, 0.15) is 56.9 Å². The lowest BCUT2D eigenvalue weighted by Crippen LogP contribution is -2.48. The second-order valence-electron chi connectivity index (χ2n) is 8.83. The van der Waals surface area contributed by atoms with Gasteiger partial charge in [-0.2, -0.15) is 13.2 Å². The highest BCUT2D eigenvalue weighted by atomic mass is 19.4. The minimum Gasteiger partial charge on any atom is -0.494 e. The van der Waals surface area contributed by atoms with Crippen molar-refractivity contribution in [3.8, 4) is 5.75 Å². The minimum atomic E-state index is -4.23. The van der Waals surface area contributed by atoms with Crippen LogP contribution in [0.2, 0.25) is 0 Å². The third-order valence-electron chi connectivity index (χ3n) is 6.54. The van der Waals surface area contributed by atoms with Crippen LogP contribution < -0.4 is 4.74 Å². The molecule has 0 saturated carbocycles. The van der Waals surface area contributed by atoms with Gasteiger partial charge in [0.15, 0.2) is 0 Å². The summed E-state index contributed by atoms with van der Waals surface area (Å²) in [6, 6.07) is 7.81. The molecule has 0 spiro atoms. The SMILES string of the molecule is CCCCC(=O)N1CCN(CCCOc2cccc(C3CCN(C(F)(F)F)CC3)c2)CC1. The lowest BCUT2D eigenvalue weighted by molar-refractivity contribution is -0.250. The molecule has 0 aromatic heterocycles. The number of hydrogen-bond donors (Lipinski definition) is 0. The molecule has 0 N–H and O–H groups in total. The topological polar surface area (TPSA) is 36.0 Å². The van der Waals surface area contributed by atoms with Gasteiger partial charge in [-0.15, -0.1) is 0 Å². The van der Waals surface area contributed by atoms with E-state index in [2.05, 4.69) is 11.8 Å². The summed E-state index contributed by atoms with van der Waals surface area (Å²) in [6.45, 7) is 7.17. The van der Waals surface area contributed by atoms with Crippen molar-refractivity contribution in [2.45, 2.75) is 57.7 Å². The monoisotopic (exact) mass is 455 g/mol. The Labute approximate surface area is 189 Å². The summed E-state index contributed by atoms with van der Waals surface area (Å²) < 4.78 is 44.4. The summed E-state index contributed by atoms with van der Waals surface area (Å²) in [6.07, 6.45) is 0.359. The van der Waals surface area contributed by atoms with Gasteiger partial charge in [-0.25, -0.2) is 4.90 Å². The number of nitrogens with zero attached hydrogens (tertiary/aromatic N) is 3. The van der Waals surface area contributed by atoms with E-state index >= 15 is 0 Å². The average molecular weight is 456 g/mol. The van der Waals surface area contributed by atoms with E-state index in [0.717, 1.165) is 63.3 Å². The van der Waals surface area contributed by atoms with E-state index in [4.69, 9.17) is 4.74 Å². The molecule has 2 fully saturated rings. The van der Waals surface area contributed by atoms with Gasteiger partial charge in [-0.05, 0) is 49.3 Å². The third-order valence-corrected chi connectivity index (χ3v) is 6.54. The first kappa shape index (κ1) is 24.8. The highest BCUT2D eigenvalue weighted by Gasteiger charge is 2.39. The fraction of sp³-hybridized carbons (Fsp3) is 0.708. The Morgan fingerprint density at radius 3 is 2.44 bits per heavy atom. The van der Waals surface area contributed by atoms with Crippen LogP contribution in [-0.4, -0.2) is 79.3 Å². The van der Waals surface area contributed by atoms with Crippen LogP contribution in [0.25, 0.3) is 0 Å². The van der Waals surface area contributed by atoms with Crippen LogP contribution in [0.15, 0.2) is 24.3 Å². The maximum absolute atomic E-state index is 12.8. The highest BCUT2D eigenvalue weighted by Crippen LogP contribution is 2.34. The molecular formula is C24H36F3N3O2. The molecule has 0 radical (unpaired) electrons. The van der Waals surface area contributed by atoms with E-state index in [1.165, 1.54) is 0 Å². The maximum Gasteiger partial charge on any atom is 0.459 e. The number of carbonyl (C=O) groups excluding carboxylic acids is 1. The number of ether oxygens (including phenoxy) is 1. The predicted octanol–water partition coefficient (Wildman–Crippen LogP) is 4.49. The molecule has 3 rings (SSSR count). The molecule has 0 bridgehead atoms. The summed E-state index contributed by atoms with van der Waals surface area (Å²) in [5, 5.41) is 0. The molecule has 1 aromatic rings. The fourth-order valence-corrected chi connectivity index (χ4v) is 4.51. The number of halogens is 3. The second kappa shape index (κ2) is 11.9. The van der Waals surface area contributed by atoms with Crippen LogP contribution >= 0.6 is 0 Å². The highest BCUT2D eigenvalue weighted by molar-refractivity contribution is 5.76. The molecule has 1 amide bonds. The number of piperazine rings is 1. The maximum atomic E-state index is 12.8. The quantitative estimate of drug-likeness (QED) is 0.406. The molecule has 0 aliphatic carbocycles. The van der Waals surface area contributed by atoms with Gasteiger partial charge in [-0.3, -0.25) is 9.69 Å². The minimum absolute atomic E-state index is 0.0523. The Morgan fingerprint density at radius 2 is 1.78 bits per heavy atom. The summed E-state index contributed by atoms with van der Waals surface area (Å²) in [7, 11) is 0. The predicted molar refractivity (Wildman–Crippen MR) is 119 cm³/mol. The van der Waals surface area contributed by atoms with Crippen LogP contribution in [0, 0.1) is 0 Å². The van der Waals surface area contributed by atoms with E-state index in [1.807, 2.05) is 29.2 Å². The number of amides is 1. The second-order valence-corrected chi connectivity index (χ2v) is 8.83. The van der Waals surface area contributed by atoms with Crippen molar-refractivity contribution < 1.29 is 22.7 Å². The molecule has 0 atom stereocenters.